The maximum atomic E-state index is 2.28. The second-order valence-corrected chi connectivity index (χ2v) is 5.03. The Morgan fingerprint density at radius 3 is 2.55 bits per heavy atom. The van der Waals surface area contributed by atoms with Gasteiger partial charge in [-0.25, -0.2) is 0 Å². The Labute approximate surface area is 77.0 Å². The molecule has 0 unspecified atom stereocenters. The third-order valence-corrected chi connectivity index (χ3v) is 4.01. The molecular weight excluding hydrogens is 179 g/mol. The first-order valence-corrected chi connectivity index (χ1v) is 6.20. The fourth-order valence-corrected chi connectivity index (χ4v) is 3.22. The zero-order chi connectivity index (χ0) is 7.94. The molecule has 0 bridgehead atoms. The van der Waals surface area contributed by atoms with Gasteiger partial charge >= 0.3 is 76.6 Å². The van der Waals surface area contributed by atoms with Crippen LogP contribution >= 0.6 is 0 Å². The van der Waals surface area contributed by atoms with E-state index in [4.69, 9.17) is 0 Å². The summed E-state index contributed by atoms with van der Waals surface area (Å²) in [5.41, 5.74) is 0. The molecule has 0 amide bonds. The molecular formula is C10H20Ni. The Bertz CT molecular complexity index is 84.9. The molecule has 0 spiro atoms. The third kappa shape index (κ3) is 4.16. The molecule has 0 aromatic heterocycles. The van der Waals surface area contributed by atoms with Gasteiger partial charge in [-0.15, -0.1) is 0 Å². The average Bonchev–Trinajstić information content (AvgIpc) is 2.07. The number of unbranched alkanes of at least 4 members (excludes halogenated alkanes) is 1. The monoisotopic (exact) mass is 198 g/mol. The van der Waals surface area contributed by atoms with Crippen molar-refractivity contribution in [3.05, 3.63) is 0 Å². The second kappa shape index (κ2) is 6.06. The van der Waals surface area contributed by atoms with E-state index >= 15 is 0 Å². The number of hydrogen-bond donors (Lipinski definition) is 0. The predicted molar refractivity (Wildman–Crippen MR) is 46.6 cm³/mol. The van der Waals surface area contributed by atoms with E-state index < -0.39 is 0 Å². The van der Waals surface area contributed by atoms with Crippen LogP contribution in [0.5, 0.6) is 0 Å². The van der Waals surface area contributed by atoms with Gasteiger partial charge in [0.05, 0.1) is 0 Å². The van der Waals surface area contributed by atoms with Crippen molar-refractivity contribution >= 4 is 0 Å². The Kier molecular flexibility index (Phi) is 5.28. The number of rotatable bonds is 4. The minimum absolute atomic E-state index is 1.04. The molecule has 0 radical (unpaired) electrons. The van der Waals surface area contributed by atoms with Crippen LogP contribution in [0, 0.1) is 0 Å². The fourth-order valence-electron chi connectivity index (χ4n) is 1.46. The van der Waals surface area contributed by atoms with E-state index in [9.17, 15) is 0 Å². The van der Waals surface area contributed by atoms with E-state index in [1.54, 1.807) is 0 Å². The van der Waals surface area contributed by atoms with E-state index in [0.717, 1.165) is 4.89 Å². The molecule has 1 saturated carbocycles. The Morgan fingerprint density at radius 2 is 1.91 bits per heavy atom. The van der Waals surface area contributed by atoms with Gasteiger partial charge in [-0.05, 0) is 0 Å². The SMILES string of the molecule is CCC[CH2][Ni][CH]1CCCCC1. The molecule has 0 aromatic rings. The second-order valence-electron chi connectivity index (χ2n) is 3.33. The molecule has 0 aromatic carbocycles. The first-order chi connectivity index (χ1) is 5.43. The van der Waals surface area contributed by atoms with Gasteiger partial charge in [0.1, 0.15) is 0 Å². The summed E-state index contributed by atoms with van der Waals surface area (Å²) in [7, 11) is 0. The summed E-state index contributed by atoms with van der Waals surface area (Å²) >= 11 is 2.05. The van der Waals surface area contributed by atoms with E-state index in [-0.39, 0.29) is 0 Å². The third-order valence-electron chi connectivity index (χ3n) is 2.24. The van der Waals surface area contributed by atoms with Crippen LogP contribution in [0.1, 0.15) is 51.9 Å². The zero-order valence-corrected chi connectivity index (χ0v) is 8.54. The summed E-state index contributed by atoms with van der Waals surface area (Å²) in [5.74, 6) is 0. The maximum absolute atomic E-state index is 2.28. The van der Waals surface area contributed by atoms with E-state index in [2.05, 4.69) is 6.92 Å². The molecule has 0 heterocycles. The fraction of sp³-hybridized carbons (Fsp3) is 1.00. The van der Waals surface area contributed by atoms with Crippen LogP contribution < -0.4 is 0 Å². The standard InChI is InChI=1S/C6H11.C4H9.Ni/c1-2-4-6-5-3-1;1-3-4-2;/h1H,2-6H2;1,3-4H2,2H3;. The summed E-state index contributed by atoms with van der Waals surface area (Å²) in [6, 6.07) is 0. The van der Waals surface area contributed by atoms with Gasteiger partial charge < -0.3 is 0 Å². The van der Waals surface area contributed by atoms with Gasteiger partial charge in [0.2, 0.25) is 0 Å². The van der Waals surface area contributed by atoms with Crippen molar-refractivity contribution in [2.24, 2.45) is 0 Å². The number of hydrogen-bond acceptors (Lipinski definition) is 0. The van der Waals surface area contributed by atoms with Crippen LogP contribution in [0.3, 0.4) is 0 Å². The van der Waals surface area contributed by atoms with Crippen LogP contribution in [0.15, 0.2) is 0 Å². The topological polar surface area (TPSA) is 0 Å². The van der Waals surface area contributed by atoms with Crippen molar-refractivity contribution in [3.63, 3.8) is 0 Å². The summed E-state index contributed by atoms with van der Waals surface area (Å²) in [6.45, 7) is 2.28. The van der Waals surface area contributed by atoms with Crippen molar-refractivity contribution < 1.29 is 14.4 Å². The minimum atomic E-state index is 1.04. The van der Waals surface area contributed by atoms with Gasteiger partial charge in [0, 0.05) is 0 Å². The van der Waals surface area contributed by atoms with Gasteiger partial charge in [0.15, 0.2) is 0 Å². The summed E-state index contributed by atoms with van der Waals surface area (Å²) < 4.78 is 0. The van der Waals surface area contributed by atoms with Gasteiger partial charge in [-0.3, -0.25) is 0 Å². The predicted octanol–water partition coefficient (Wildman–Crippen LogP) is 4.04. The van der Waals surface area contributed by atoms with Gasteiger partial charge in [-0.2, -0.15) is 0 Å². The molecule has 0 aliphatic heterocycles. The summed E-state index contributed by atoms with van der Waals surface area (Å²) in [6.07, 6.45) is 10.3. The molecule has 11 heavy (non-hydrogen) atoms. The van der Waals surface area contributed by atoms with Gasteiger partial charge in [-0.1, -0.05) is 0 Å². The molecule has 70 valence electrons. The van der Waals surface area contributed by atoms with Crippen molar-refractivity contribution in [1.29, 1.82) is 0 Å². The van der Waals surface area contributed by atoms with Crippen LogP contribution in [-0.4, -0.2) is 0 Å². The summed E-state index contributed by atoms with van der Waals surface area (Å²) in [5, 5.41) is 1.42. The molecule has 1 aliphatic rings. The van der Waals surface area contributed by atoms with Crippen LogP contribution in [0.2, 0.25) is 10.3 Å². The zero-order valence-electron chi connectivity index (χ0n) is 7.55. The molecule has 0 atom stereocenters. The first-order valence-electron chi connectivity index (χ1n) is 4.93. The van der Waals surface area contributed by atoms with Crippen molar-refractivity contribution in [2.45, 2.75) is 62.1 Å². The van der Waals surface area contributed by atoms with E-state index in [0.29, 0.717) is 0 Å². The van der Waals surface area contributed by atoms with E-state index in [1.165, 1.54) is 50.3 Å². The van der Waals surface area contributed by atoms with Crippen molar-refractivity contribution in [3.8, 4) is 0 Å². The van der Waals surface area contributed by atoms with Crippen LogP contribution in [-0.2, 0) is 14.4 Å². The summed E-state index contributed by atoms with van der Waals surface area (Å²) in [4.78, 5) is 1.04. The average molecular weight is 199 g/mol. The van der Waals surface area contributed by atoms with Gasteiger partial charge in [0.25, 0.3) is 0 Å². The molecule has 1 fully saturated rings. The van der Waals surface area contributed by atoms with Crippen molar-refractivity contribution in [1.82, 2.24) is 0 Å². The van der Waals surface area contributed by atoms with Crippen molar-refractivity contribution in [2.75, 3.05) is 0 Å². The molecule has 0 saturated heterocycles. The first kappa shape index (κ1) is 9.58. The van der Waals surface area contributed by atoms with Crippen LogP contribution in [0.25, 0.3) is 0 Å². The Hall–Kier alpha value is 0.494. The van der Waals surface area contributed by atoms with E-state index in [1.807, 2.05) is 14.4 Å². The van der Waals surface area contributed by atoms with Crippen LogP contribution in [0.4, 0.5) is 0 Å². The Balaban J connectivity index is 1.96. The molecule has 1 heteroatoms. The quantitative estimate of drug-likeness (QED) is 0.473. The molecule has 1 rings (SSSR count). The molecule has 0 nitrogen and oxygen atoms in total. The molecule has 1 aliphatic carbocycles. The molecule has 0 N–H and O–H groups in total. The Morgan fingerprint density at radius 1 is 1.18 bits per heavy atom. The normalized spacial score (nSPS) is 20.8.